The van der Waals surface area contributed by atoms with Crippen LogP contribution < -0.4 is 4.90 Å². The van der Waals surface area contributed by atoms with E-state index in [-0.39, 0.29) is 11.5 Å². The lowest BCUT2D eigenvalue weighted by atomic mass is 10.1. The third kappa shape index (κ3) is 3.47. The lowest BCUT2D eigenvalue weighted by molar-refractivity contribution is 0.313. The molecule has 0 atom stereocenters. The number of imidazole rings is 1. The van der Waals surface area contributed by atoms with Gasteiger partial charge in [0.05, 0.1) is 22.8 Å². The van der Waals surface area contributed by atoms with Crippen LogP contribution in [0.2, 0.25) is 0 Å². The summed E-state index contributed by atoms with van der Waals surface area (Å²) in [6.07, 6.45) is 3.49. The number of aromatic hydroxyl groups is 2. The molecule has 158 valence electrons. The van der Waals surface area contributed by atoms with E-state index >= 15 is 0 Å². The van der Waals surface area contributed by atoms with Crippen molar-refractivity contribution < 1.29 is 10.2 Å². The monoisotopic (exact) mass is 415 g/mol. The standard InChI is InChI=1S/C24H25N5O2/c1-16-13-19(23(31)14-22(16)30)24-26-20-7-8-25-15-21(20)29(24)18-5-3-17(4-6-18)28-11-9-27(2)10-12-28/h3-8,13-15,30-31H,9-12H2,1-2H3. The van der Waals surface area contributed by atoms with Crippen LogP contribution in [-0.4, -0.2) is 62.9 Å². The summed E-state index contributed by atoms with van der Waals surface area (Å²) in [7, 11) is 2.15. The minimum Gasteiger partial charge on any atom is -0.508 e. The maximum atomic E-state index is 10.6. The van der Waals surface area contributed by atoms with Gasteiger partial charge < -0.3 is 20.0 Å². The first kappa shape index (κ1) is 19.4. The number of aryl methyl sites for hydroxylation is 1. The lowest BCUT2D eigenvalue weighted by Crippen LogP contribution is -2.44. The van der Waals surface area contributed by atoms with Crippen LogP contribution in [0.15, 0.2) is 54.9 Å². The van der Waals surface area contributed by atoms with Crippen molar-refractivity contribution in [3.05, 3.63) is 60.4 Å². The highest BCUT2D eigenvalue weighted by atomic mass is 16.3. The first-order valence-electron chi connectivity index (χ1n) is 10.4. The second-order valence-electron chi connectivity index (χ2n) is 8.10. The number of anilines is 1. The zero-order valence-corrected chi connectivity index (χ0v) is 17.7. The Labute approximate surface area is 180 Å². The van der Waals surface area contributed by atoms with Crippen LogP contribution >= 0.6 is 0 Å². The van der Waals surface area contributed by atoms with Gasteiger partial charge in [-0.3, -0.25) is 9.55 Å². The fourth-order valence-corrected chi connectivity index (χ4v) is 4.11. The molecule has 2 aromatic carbocycles. The van der Waals surface area contributed by atoms with Crippen molar-refractivity contribution in [3.63, 3.8) is 0 Å². The van der Waals surface area contributed by atoms with Crippen molar-refractivity contribution in [2.75, 3.05) is 38.1 Å². The van der Waals surface area contributed by atoms with Crippen molar-refractivity contribution in [1.82, 2.24) is 19.4 Å². The molecule has 0 unspecified atom stereocenters. The first-order valence-corrected chi connectivity index (χ1v) is 10.4. The fraction of sp³-hybridized carbons (Fsp3) is 0.250. The van der Waals surface area contributed by atoms with Crippen LogP contribution in [-0.2, 0) is 0 Å². The van der Waals surface area contributed by atoms with E-state index in [2.05, 4.69) is 46.1 Å². The number of nitrogens with zero attached hydrogens (tertiary/aromatic N) is 5. The smallest absolute Gasteiger partial charge is 0.149 e. The second-order valence-corrected chi connectivity index (χ2v) is 8.10. The van der Waals surface area contributed by atoms with E-state index in [1.807, 2.05) is 10.6 Å². The highest BCUT2D eigenvalue weighted by Crippen LogP contribution is 2.37. The Hall–Kier alpha value is -3.58. The third-order valence-electron chi connectivity index (χ3n) is 5.99. The van der Waals surface area contributed by atoms with Gasteiger partial charge in [0.25, 0.3) is 0 Å². The number of hydrogen-bond donors (Lipinski definition) is 2. The van der Waals surface area contributed by atoms with Gasteiger partial charge in [-0.05, 0) is 55.9 Å². The molecule has 4 aromatic rings. The molecule has 7 heteroatoms. The van der Waals surface area contributed by atoms with E-state index in [9.17, 15) is 10.2 Å². The third-order valence-corrected chi connectivity index (χ3v) is 5.99. The predicted octanol–water partition coefficient (Wildman–Crippen LogP) is 3.56. The highest BCUT2D eigenvalue weighted by Gasteiger charge is 2.19. The number of piperazine rings is 1. The zero-order valence-electron chi connectivity index (χ0n) is 17.7. The summed E-state index contributed by atoms with van der Waals surface area (Å²) in [4.78, 5) is 13.8. The largest absolute Gasteiger partial charge is 0.508 e. The number of hydrogen-bond acceptors (Lipinski definition) is 6. The van der Waals surface area contributed by atoms with Crippen LogP contribution in [0.1, 0.15) is 5.56 Å². The van der Waals surface area contributed by atoms with Gasteiger partial charge in [-0.1, -0.05) is 0 Å². The number of aromatic nitrogens is 3. The maximum absolute atomic E-state index is 10.6. The first-order chi connectivity index (χ1) is 15.0. The van der Waals surface area contributed by atoms with Crippen molar-refractivity contribution in [3.8, 4) is 28.6 Å². The number of fused-ring (bicyclic) bond motifs is 1. The number of phenols is 2. The predicted molar refractivity (Wildman–Crippen MR) is 122 cm³/mol. The topological polar surface area (TPSA) is 77.7 Å². The Morgan fingerprint density at radius 1 is 0.871 bits per heavy atom. The Balaban J connectivity index is 1.61. The molecule has 1 fully saturated rings. The second kappa shape index (κ2) is 7.59. The van der Waals surface area contributed by atoms with Gasteiger partial charge >= 0.3 is 0 Å². The van der Waals surface area contributed by atoms with E-state index in [1.54, 1.807) is 25.4 Å². The summed E-state index contributed by atoms with van der Waals surface area (Å²) in [5.74, 6) is 0.653. The minimum atomic E-state index is -0.0123. The number of rotatable bonds is 3. The molecule has 0 bridgehead atoms. The number of likely N-dealkylation sites (N-methyl/N-ethyl adjacent to an activating group) is 1. The van der Waals surface area contributed by atoms with Gasteiger partial charge in [-0.15, -0.1) is 0 Å². The molecule has 1 saturated heterocycles. The van der Waals surface area contributed by atoms with Gasteiger partial charge in [0.15, 0.2) is 0 Å². The average Bonchev–Trinajstić information content (AvgIpc) is 3.16. The van der Waals surface area contributed by atoms with Crippen molar-refractivity contribution in [1.29, 1.82) is 0 Å². The summed E-state index contributed by atoms with van der Waals surface area (Å²) in [6, 6.07) is 13.4. The zero-order chi connectivity index (χ0) is 21.5. The van der Waals surface area contributed by atoms with Gasteiger partial charge in [0.2, 0.25) is 0 Å². The van der Waals surface area contributed by atoms with Gasteiger partial charge in [-0.2, -0.15) is 0 Å². The molecule has 0 amide bonds. The van der Waals surface area contributed by atoms with Crippen molar-refractivity contribution in [2.45, 2.75) is 6.92 Å². The normalized spacial score (nSPS) is 15.0. The molecule has 0 aliphatic carbocycles. The van der Waals surface area contributed by atoms with Gasteiger partial charge in [0, 0.05) is 49.8 Å². The molecule has 2 aromatic heterocycles. The summed E-state index contributed by atoms with van der Waals surface area (Å²) in [5, 5.41) is 20.5. The molecular weight excluding hydrogens is 390 g/mol. The summed E-state index contributed by atoms with van der Waals surface area (Å²) in [5.41, 5.74) is 5.02. The molecule has 5 rings (SSSR count). The van der Waals surface area contributed by atoms with Crippen LogP contribution in [0.3, 0.4) is 0 Å². The van der Waals surface area contributed by atoms with E-state index in [1.165, 1.54) is 11.8 Å². The van der Waals surface area contributed by atoms with Crippen LogP contribution in [0.5, 0.6) is 11.5 Å². The highest BCUT2D eigenvalue weighted by molar-refractivity contribution is 5.84. The number of benzene rings is 2. The molecule has 0 radical (unpaired) electrons. The summed E-state index contributed by atoms with van der Waals surface area (Å²) >= 11 is 0. The Bertz CT molecular complexity index is 1240. The molecule has 0 spiro atoms. The molecular formula is C24H25N5O2. The maximum Gasteiger partial charge on any atom is 0.149 e. The van der Waals surface area contributed by atoms with Gasteiger partial charge in [-0.25, -0.2) is 4.98 Å². The van der Waals surface area contributed by atoms with Gasteiger partial charge in [0.1, 0.15) is 17.3 Å². The van der Waals surface area contributed by atoms with E-state index in [0.717, 1.165) is 42.9 Å². The Morgan fingerprint density at radius 3 is 2.32 bits per heavy atom. The lowest BCUT2D eigenvalue weighted by Gasteiger charge is -2.34. The van der Waals surface area contributed by atoms with E-state index in [0.29, 0.717) is 17.0 Å². The summed E-state index contributed by atoms with van der Waals surface area (Å²) in [6.45, 7) is 5.95. The quantitative estimate of drug-likeness (QED) is 0.533. The summed E-state index contributed by atoms with van der Waals surface area (Å²) < 4.78 is 2.00. The molecule has 3 heterocycles. The number of phenolic OH excluding ortho intramolecular Hbond substituents is 2. The van der Waals surface area contributed by atoms with E-state index in [4.69, 9.17) is 4.98 Å². The Kier molecular flexibility index (Phi) is 4.75. The molecule has 1 aliphatic rings. The molecule has 31 heavy (non-hydrogen) atoms. The fourth-order valence-electron chi connectivity index (χ4n) is 4.11. The average molecular weight is 415 g/mol. The van der Waals surface area contributed by atoms with Crippen molar-refractivity contribution >= 4 is 16.7 Å². The molecule has 7 nitrogen and oxygen atoms in total. The van der Waals surface area contributed by atoms with E-state index < -0.39 is 0 Å². The van der Waals surface area contributed by atoms with Crippen molar-refractivity contribution in [2.24, 2.45) is 0 Å². The molecule has 2 N–H and O–H groups in total. The van der Waals surface area contributed by atoms with Crippen LogP contribution in [0.25, 0.3) is 28.1 Å². The number of pyridine rings is 1. The SMILES string of the molecule is Cc1cc(-c2nc3ccncc3n2-c2ccc(N3CCN(C)CC3)cc2)c(O)cc1O. The van der Waals surface area contributed by atoms with Crippen LogP contribution in [0, 0.1) is 6.92 Å². The molecule has 0 saturated carbocycles. The van der Waals surface area contributed by atoms with Crippen LogP contribution in [0.4, 0.5) is 5.69 Å². The molecule has 1 aliphatic heterocycles. The Morgan fingerprint density at radius 2 is 1.58 bits per heavy atom. The minimum absolute atomic E-state index is 0.0123.